The lowest BCUT2D eigenvalue weighted by molar-refractivity contribution is -0.125. The van der Waals surface area contributed by atoms with Gasteiger partial charge in [0.2, 0.25) is 0 Å². The third kappa shape index (κ3) is 3.42. The molecule has 0 aliphatic carbocycles. The second kappa shape index (κ2) is 6.74. The molecule has 0 atom stereocenters. The zero-order chi connectivity index (χ0) is 17.2. The summed E-state index contributed by atoms with van der Waals surface area (Å²) in [6.45, 7) is 8.48. The third-order valence-corrected chi connectivity index (χ3v) is 4.57. The van der Waals surface area contributed by atoms with Gasteiger partial charge in [-0.25, -0.2) is 0 Å². The number of rotatable bonds is 4. The first-order valence-corrected chi connectivity index (χ1v) is 8.48. The molecule has 0 aliphatic heterocycles. The standard InChI is InChI=1S/C17H24N2O3S/c1-7-10-19-13-11(21-5)8-9-12(22-6)14(13)23-16(19)18-15(20)17(2,3)4/h8-9H,7,10H2,1-6H3. The number of hydrogen-bond donors (Lipinski definition) is 0. The van der Waals surface area contributed by atoms with E-state index < -0.39 is 5.41 Å². The van der Waals surface area contributed by atoms with E-state index in [1.54, 1.807) is 14.2 Å². The molecule has 126 valence electrons. The van der Waals surface area contributed by atoms with Crippen LogP contribution in [0.3, 0.4) is 0 Å². The molecule has 2 aromatic rings. The monoisotopic (exact) mass is 336 g/mol. The second-order valence-corrected chi connectivity index (χ2v) is 7.33. The topological polar surface area (TPSA) is 52.8 Å². The van der Waals surface area contributed by atoms with E-state index >= 15 is 0 Å². The summed E-state index contributed by atoms with van der Waals surface area (Å²) in [6, 6.07) is 3.76. The Bertz CT molecular complexity index is 781. The van der Waals surface area contributed by atoms with Gasteiger partial charge >= 0.3 is 0 Å². The first kappa shape index (κ1) is 17.5. The molecular formula is C17H24N2O3S. The van der Waals surface area contributed by atoms with E-state index in [9.17, 15) is 4.79 Å². The van der Waals surface area contributed by atoms with Crippen molar-refractivity contribution in [2.75, 3.05) is 14.2 Å². The van der Waals surface area contributed by atoms with Crippen LogP contribution in [0.15, 0.2) is 17.1 Å². The SMILES string of the molecule is CCCn1c(=NC(=O)C(C)(C)C)sc2c(OC)ccc(OC)c21. The first-order chi connectivity index (χ1) is 10.8. The van der Waals surface area contributed by atoms with Crippen LogP contribution in [0, 0.1) is 5.41 Å². The minimum atomic E-state index is -0.506. The molecule has 0 spiro atoms. The van der Waals surface area contributed by atoms with Crippen LogP contribution in [0.25, 0.3) is 10.2 Å². The van der Waals surface area contributed by atoms with E-state index in [1.807, 2.05) is 37.5 Å². The van der Waals surface area contributed by atoms with Gasteiger partial charge in [0.05, 0.1) is 14.2 Å². The number of benzene rings is 1. The maximum absolute atomic E-state index is 12.3. The van der Waals surface area contributed by atoms with Crippen LogP contribution in [0.5, 0.6) is 11.5 Å². The molecule has 1 amide bonds. The van der Waals surface area contributed by atoms with Crippen LogP contribution in [0.4, 0.5) is 0 Å². The van der Waals surface area contributed by atoms with Gasteiger partial charge in [0.25, 0.3) is 5.91 Å². The van der Waals surface area contributed by atoms with Crippen LogP contribution in [-0.4, -0.2) is 24.7 Å². The molecule has 0 saturated heterocycles. The Morgan fingerprint density at radius 3 is 2.35 bits per heavy atom. The number of ether oxygens (including phenoxy) is 2. The number of fused-ring (bicyclic) bond motifs is 1. The lowest BCUT2D eigenvalue weighted by Gasteiger charge is -2.12. The fraction of sp³-hybridized carbons (Fsp3) is 0.529. The number of carbonyl (C=O) groups excluding carboxylic acids is 1. The summed E-state index contributed by atoms with van der Waals surface area (Å²) in [5, 5.41) is 0. The van der Waals surface area contributed by atoms with Crippen molar-refractivity contribution in [2.24, 2.45) is 10.4 Å². The highest BCUT2D eigenvalue weighted by Gasteiger charge is 2.22. The maximum atomic E-state index is 12.3. The van der Waals surface area contributed by atoms with Gasteiger partial charge in [-0.15, -0.1) is 0 Å². The van der Waals surface area contributed by atoms with Crippen LogP contribution in [0.2, 0.25) is 0 Å². The number of hydrogen-bond acceptors (Lipinski definition) is 4. The Morgan fingerprint density at radius 2 is 1.83 bits per heavy atom. The van der Waals surface area contributed by atoms with Gasteiger partial charge in [-0.2, -0.15) is 4.99 Å². The number of aromatic nitrogens is 1. The number of thiazole rings is 1. The Kier molecular flexibility index (Phi) is 5.14. The molecule has 2 rings (SSSR count). The molecule has 0 unspecified atom stereocenters. The van der Waals surface area contributed by atoms with Gasteiger partial charge in [-0.3, -0.25) is 4.79 Å². The van der Waals surface area contributed by atoms with E-state index in [2.05, 4.69) is 11.9 Å². The lowest BCUT2D eigenvalue weighted by atomic mass is 9.96. The number of amides is 1. The van der Waals surface area contributed by atoms with E-state index in [0.717, 1.165) is 34.7 Å². The highest BCUT2D eigenvalue weighted by Crippen LogP contribution is 2.35. The van der Waals surface area contributed by atoms with Crippen LogP contribution in [0.1, 0.15) is 34.1 Å². The van der Waals surface area contributed by atoms with Gasteiger partial charge in [0.1, 0.15) is 21.7 Å². The van der Waals surface area contributed by atoms with Crippen molar-refractivity contribution < 1.29 is 14.3 Å². The Hall–Kier alpha value is -1.82. The molecule has 1 aromatic carbocycles. The zero-order valence-electron chi connectivity index (χ0n) is 14.6. The van der Waals surface area contributed by atoms with E-state index in [-0.39, 0.29) is 5.91 Å². The summed E-state index contributed by atoms with van der Waals surface area (Å²) in [6.07, 6.45) is 0.934. The smallest absolute Gasteiger partial charge is 0.253 e. The molecule has 5 nitrogen and oxygen atoms in total. The predicted molar refractivity (Wildman–Crippen MR) is 93.2 cm³/mol. The van der Waals surface area contributed by atoms with Crippen molar-refractivity contribution in [2.45, 2.75) is 40.7 Å². The number of carbonyl (C=O) groups is 1. The fourth-order valence-corrected chi connectivity index (χ4v) is 3.39. The van der Waals surface area contributed by atoms with Crippen molar-refractivity contribution in [1.29, 1.82) is 0 Å². The van der Waals surface area contributed by atoms with E-state index in [0.29, 0.717) is 4.80 Å². The normalized spacial score (nSPS) is 12.7. The molecule has 6 heteroatoms. The van der Waals surface area contributed by atoms with Gasteiger partial charge in [-0.05, 0) is 18.6 Å². The average Bonchev–Trinajstić information content (AvgIpc) is 2.84. The molecule has 0 radical (unpaired) electrons. The summed E-state index contributed by atoms with van der Waals surface area (Å²) in [4.78, 5) is 17.4. The van der Waals surface area contributed by atoms with Crippen LogP contribution in [-0.2, 0) is 11.3 Å². The quantitative estimate of drug-likeness (QED) is 0.857. The summed E-state index contributed by atoms with van der Waals surface area (Å²) < 4.78 is 14.0. The Balaban J connectivity index is 2.82. The number of aryl methyl sites for hydroxylation is 1. The van der Waals surface area contributed by atoms with Crippen molar-refractivity contribution in [3.8, 4) is 11.5 Å². The summed E-state index contributed by atoms with van der Waals surface area (Å²) in [7, 11) is 3.29. The molecule has 0 bridgehead atoms. The minimum absolute atomic E-state index is 0.133. The number of methoxy groups -OCH3 is 2. The van der Waals surface area contributed by atoms with Crippen LogP contribution >= 0.6 is 11.3 Å². The molecular weight excluding hydrogens is 312 g/mol. The van der Waals surface area contributed by atoms with E-state index in [4.69, 9.17) is 9.47 Å². The average molecular weight is 336 g/mol. The van der Waals surface area contributed by atoms with Gasteiger partial charge in [0, 0.05) is 12.0 Å². The maximum Gasteiger partial charge on any atom is 0.253 e. The van der Waals surface area contributed by atoms with Gasteiger partial charge in [0.15, 0.2) is 4.80 Å². The second-order valence-electron chi connectivity index (χ2n) is 6.35. The third-order valence-electron chi connectivity index (χ3n) is 3.48. The number of nitrogens with zero attached hydrogens (tertiary/aromatic N) is 2. The van der Waals surface area contributed by atoms with Crippen LogP contribution < -0.4 is 14.3 Å². The molecule has 23 heavy (non-hydrogen) atoms. The minimum Gasteiger partial charge on any atom is -0.495 e. The molecule has 0 saturated carbocycles. The fourth-order valence-electron chi connectivity index (χ4n) is 2.23. The first-order valence-electron chi connectivity index (χ1n) is 7.67. The lowest BCUT2D eigenvalue weighted by Crippen LogP contribution is -2.23. The van der Waals surface area contributed by atoms with Gasteiger partial charge < -0.3 is 14.0 Å². The van der Waals surface area contributed by atoms with E-state index in [1.165, 1.54) is 11.3 Å². The largest absolute Gasteiger partial charge is 0.495 e. The summed E-state index contributed by atoms with van der Waals surface area (Å²) >= 11 is 1.46. The molecule has 0 aliphatic rings. The van der Waals surface area contributed by atoms with Crippen molar-refractivity contribution in [1.82, 2.24) is 4.57 Å². The van der Waals surface area contributed by atoms with Gasteiger partial charge in [-0.1, -0.05) is 39.0 Å². The predicted octanol–water partition coefficient (Wildman–Crippen LogP) is 3.60. The Morgan fingerprint density at radius 1 is 1.22 bits per heavy atom. The van der Waals surface area contributed by atoms with Crippen molar-refractivity contribution in [3.63, 3.8) is 0 Å². The highest BCUT2D eigenvalue weighted by atomic mass is 32.1. The molecule has 0 N–H and O–H groups in total. The zero-order valence-corrected chi connectivity index (χ0v) is 15.4. The molecule has 0 fully saturated rings. The van der Waals surface area contributed by atoms with Crippen molar-refractivity contribution in [3.05, 3.63) is 16.9 Å². The highest BCUT2D eigenvalue weighted by molar-refractivity contribution is 7.16. The van der Waals surface area contributed by atoms with Crippen molar-refractivity contribution >= 4 is 27.5 Å². The summed E-state index contributed by atoms with van der Waals surface area (Å²) in [5.41, 5.74) is 0.424. The Labute approximate surface area is 140 Å². The molecule has 1 heterocycles. The molecule has 1 aromatic heterocycles. The summed E-state index contributed by atoms with van der Waals surface area (Å²) in [5.74, 6) is 1.39.